The van der Waals surface area contributed by atoms with Crippen LogP contribution in [0.25, 0.3) is 22.2 Å². The normalized spacial score (nSPS) is 15.8. The fourth-order valence-electron chi connectivity index (χ4n) is 4.74. The molecule has 4 aromatic carbocycles. The Bertz CT molecular complexity index is 1780. The van der Waals surface area contributed by atoms with Crippen LogP contribution in [0.1, 0.15) is 11.1 Å². The van der Waals surface area contributed by atoms with Gasteiger partial charge in [0.2, 0.25) is 21.8 Å². The maximum absolute atomic E-state index is 14.4. The third-order valence-corrected chi connectivity index (χ3v) is 8.46. The molecule has 1 aliphatic rings. The molecule has 0 radical (unpaired) electrons. The van der Waals surface area contributed by atoms with Gasteiger partial charge in [0.25, 0.3) is 0 Å². The topological polar surface area (TPSA) is 121 Å². The van der Waals surface area contributed by atoms with Crippen LogP contribution in [-0.2, 0) is 27.8 Å². The molecule has 2 N–H and O–H groups in total. The van der Waals surface area contributed by atoms with Crippen molar-refractivity contribution in [2.75, 3.05) is 5.32 Å². The molecule has 38 heavy (non-hydrogen) atoms. The van der Waals surface area contributed by atoms with Crippen molar-refractivity contribution >= 4 is 32.4 Å². The molecule has 1 amide bonds. The quantitative estimate of drug-likeness (QED) is 0.357. The molecule has 1 aromatic heterocycles. The zero-order valence-electron chi connectivity index (χ0n) is 19.9. The lowest BCUT2D eigenvalue weighted by molar-refractivity contribution is -0.120. The predicted molar refractivity (Wildman–Crippen MR) is 139 cm³/mol. The molecule has 0 saturated carbocycles. The standard InChI is InChI=1S/C27H21FN6O3S/c28-22-11-21(26-30-32-33-31-26)12-23(15-22)29-27(35)25-14-19-7-3-4-8-20(19)16-34(25)38(36,37)24-10-9-17-5-1-2-6-18(17)13-24/h1-13,15,25H,14,16H2,(H,29,35)(H,30,31,32,33). The number of anilines is 1. The van der Waals surface area contributed by atoms with Gasteiger partial charge >= 0.3 is 0 Å². The van der Waals surface area contributed by atoms with E-state index in [1.165, 1.54) is 16.4 Å². The first-order chi connectivity index (χ1) is 18.4. The summed E-state index contributed by atoms with van der Waals surface area (Å²) in [6.45, 7) is 0.0285. The van der Waals surface area contributed by atoms with E-state index < -0.39 is 27.8 Å². The van der Waals surface area contributed by atoms with Crippen LogP contribution in [0, 0.1) is 5.82 Å². The van der Waals surface area contributed by atoms with Crippen molar-refractivity contribution < 1.29 is 17.6 Å². The average Bonchev–Trinajstić information content (AvgIpc) is 3.47. The number of aromatic nitrogens is 4. The van der Waals surface area contributed by atoms with Crippen molar-refractivity contribution in [1.29, 1.82) is 0 Å². The maximum Gasteiger partial charge on any atom is 0.244 e. The number of benzene rings is 4. The number of H-pyrrole nitrogens is 1. The smallest absolute Gasteiger partial charge is 0.244 e. The number of hydrogen-bond acceptors (Lipinski definition) is 6. The Morgan fingerprint density at radius 1 is 0.947 bits per heavy atom. The number of carbonyl (C=O) groups is 1. The van der Waals surface area contributed by atoms with E-state index in [1.807, 2.05) is 48.5 Å². The van der Waals surface area contributed by atoms with Gasteiger partial charge in [-0.1, -0.05) is 54.6 Å². The third kappa shape index (κ3) is 4.42. The highest BCUT2D eigenvalue weighted by Gasteiger charge is 2.39. The van der Waals surface area contributed by atoms with Crippen molar-refractivity contribution in [3.8, 4) is 11.4 Å². The van der Waals surface area contributed by atoms with E-state index >= 15 is 0 Å². The SMILES string of the molecule is O=C(Nc1cc(F)cc(-c2nn[nH]n2)c1)C1Cc2ccccc2CN1S(=O)(=O)c1ccc2ccccc2c1. The minimum Gasteiger partial charge on any atom is -0.325 e. The molecule has 0 saturated heterocycles. The van der Waals surface area contributed by atoms with E-state index in [4.69, 9.17) is 0 Å². The van der Waals surface area contributed by atoms with Crippen molar-refractivity contribution in [2.45, 2.75) is 23.9 Å². The number of tetrazole rings is 1. The van der Waals surface area contributed by atoms with Gasteiger partial charge in [-0.2, -0.15) is 9.52 Å². The Morgan fingerprint density at radius 2 is 1.71 bits per heavy atom. The first-order valence-electron chi connectivity index (χ1n) is 11.8. The summed E-state index contributed by atoms with van der Waals surface area (Å²) in [5.74, 6) is -1.03. The Kier molecular flexibility index (Phi) is 5.93. The van der Waals surface area contributed by atoms with E-state index in [1.54, 1.807) is 18.2 Å². The molecule has 0 fully saturated rings. The number of rotatable bonds is 5. The molecule has 1 unspecified atom stereocenters. The molecule has 11 heteroatoms. The van der Waals surface area contributed by atoms with Crippen LogP contribution in [0.4, 0.5) is 10.1 Å². The summed E-state index contributed by atoms with van der Waals surface area (Å²) in [5, 5.41) is 17.9. The van der Waals surface area contributed by atoms with Gasteiger partial charge in [0.05, 0.1) is 4.90 Å². The molecule has 5 aromatic rings. The highest BCUT2D eigenvalue weighted by molar-refractivity contribution is 7.89. The third-order valence-electron chi connectivity index (χ3n) is 6.60. The van der Waals surface area contributed by atoms with Crippen LogP contribution in [0.3, 0.4) is 0 Å². The molecule has 0 spiro atoms. The first-order valence-corrected chi connectivity index (χ1v) is 13.3. The number of sulfonamides is 1. The number of halogens is 1. The van der Waals surface area contributed by atoms with Crippen molar-refractivity contribution in [3.63, 3.8) is 0 Å². The van der Waals surface area contributed by atoms with Gasteiger partial charge in [0.15, 0.2) is 0 Å². The van der Waals surface area contributed by atoms with Gasteiger partial charge in [0, 0.05) is 17.8 Å². The van der Waals surface area contributed by atoms with Gasteiger partial charge in [-0.25, -0.2) is 12.8 Å². The molecule has 6 rings (SSSR count). The van der Waals surface area contributed by atoms with Crippen LogP contribution in [0.2, 0.25) is 0 Å². The predicted octanol–water partition coefficient (Wildman–Crippen LogP) is 3.91. The van der Waals surface area contributed by atoms with Gasteiger partial charge in [0.1, 0.15) is 11.9 Å². The molecule has 1 atom stereocenters. The van der Waals surface area contributed by atoms with Gasteiger partial charge in [-0.3, -0.25) is 4.79 Å². The lowest BCUT2D eigenvalue weighted by atomic mass is 9.95. The second-order valence-electron chi connectivity index (χ2n) is 9.00. The minimum absolute atomic E-state index is 0.0285. The van der Waals surface area contributed by atoms with Crippen LogP contribution in [0.15, 0.2) is 89.8 Å². The number of nitrogens with one attached hydrogen (secondary N) is 2. The molecule has 9 nitrogen and oxygen atoms in total. The summed E-state index contributed by atoms with van der Waals surface area (Å²) in [4.78, 5) is 13.7. The van der Waals surface area contributed by atoms with Crippen LogP contribution in [0.5, 0.6) is 0 Å². The van der Waals surface area contributed by atoms with Crippen molar-refractivity contribution in [2.24, 2.45) is 0 Å². The fourth-order valence-corrected chi connectivity index (χ4v) is 6.34. The van der Waals surface area contributed by atoms with Crippen LogP contribution in [-0.4, -0.2) is 45.3 Å². The highest BCUT2D eigenvalue weighted by atomic mass is 32.2. The number of nitrogens with zero attached hydrogens (tertiary/aromatic N) is 4. The Balaban J connectivity index is 1.37. The summed E-state index contributed by atoms with van der Waals surface area (Å²) >= 11 is 0. The molecule has 0 bridgehead atoms. The number of amides is 1. The van der Waals surface area contributed by atoms with Gasteiger partial charge < -0.3 is 5.32 Å². The Hall–Kier alpha value is -4.48. The van der Waals surface area contributed by atoms with Crippen molar-refractivity contribution in [3.05, 3.63) is 102 Å². The van der Waals surface area contributed by atoms with E-state index in [0.717, 1.165) is 28.0 Å². The minimum atomic E-state index is -4.07. The van der Waals surface area contributed by atoms with E-state index in [0.29, 0.717) is 5.56 Å². The maximum atomic E-state index is 14.4. The largest absolute Gasteiger partial charge is 0.325 e. The second-order valence-corrected chi connectivity index (χ2v) is 10.9. The number of carbonyl (C=O) groups excluding carboxylic acids is 1. The van der Waals surface area contributed by atoms with E-state index in [-0.39, 0.29) is 29.4 Å². The molecule has 190 valence electrons. The second kappa shape index (κ2) is 9.43. The average molecular weight is 529 g/mol. The van der Waals surface area contributed by atoms with Crippen molar-refractivity contribution in [1.82, 2.24) is 24.9 Å². The zero-order valence-corrected chi connectivity index (χ0v) is 20.7. The van der Waals surface area contributed by atoms with E-state index in [2.05, 4.69) is 25.9 Å². The Morgan fingerprint density at radius 3 is 2.50 bits per heavy atom. The lowest BCUT2D eigenvalue weighted by Gasteiger charge is -2.35. The monoisotopic (exact) mass is 528 g/mol. The Labute approximate surface area is 217 Å². The van der Waals surface area contributed by atoms with Crippen LogP contribution >= 0.6 is 0 Å². The molecular weight excluding hydrogens is 507 g/mol. The summed E-state index contributed by atoms with van der Waals surface area (Å²) in [5.41, 5.74) is 2.16. The molecule has 0 aliphatic carbocycles. The number of fused-ring (bicyclic) bond motifs is 2. The molecular formula is C27H21FN6O3S. The van der Waals surface area contributed by atoms with Crippen LogP contribution < -0.4 is 5.32 Å². The van der Waals surface area contributed by atoms with E-state index in [9.17, 15) is 17.6 Å². The zero-order chi connectivity index (χ0) is 26.3. The van der Waals surface area contributed by atoms with Gasteiger partial charge in [-0.15, -0.1) is 10.2 Å². The number of aromatic amines is 1. The molecule has 2 heterocycles. The summed E-state index contributed by atoms with van der Waals surface area (Å²) in [6.07, 6.45) is 0.168. The summed E-state index contributed by atoms with van der Waals surface area (Å²) in [7, 11) is -4.07. The summed E-state index contributed by atoms with van der Waals surface area (Å²) in [6, 6.07) is 22.6. The summed E-state index contributed by atoms with van der Waals surface area (Å²) < 4.78 is 43.5. The number of hydrogen-bond donors (Lipinski definition) is 2. The first kappa shape index (κ1) is 23.9. The highest BCUT2D eigenvalue weighted by Crippen LogP contribution is 2.31. The fraction of sp³-hybridized carbons (Fsp3) is 0.111. The van der Waals surface area contributed by atoms with Gasteiger partial charge in [-0.05, 0) is 63.9 Å². The molecule has 1 aliphatic heterocycles. The lowest BCUT2D eigenvalue weighted by Crippen LogP contribution is -2.50.